The summed E-state index contributed by atoms with van der Waals surface area (Å²) in [6.07, 6.45) is 3.06. The molecule has 17 heavy (non-hydrogen) atoms. The summed E-state index contributed by atoms with van der Waals surface area (Å²) in [4.78, 5) is 7.74. The average Bonchev–Trinajstić information content (AvgIpc) is 2.98. The summed E-state index contributed by atoms with van der Waals surface area (Å²) in [5.41, 5.74) is 7.75. The molecular formula is C9H12N4O2S2. The zero-order valence-corrected chi connectivity index (χ0v) is 10.5. The van der Waals surface area contributed by atoms with Gasteiger partial charge < -0.3 is 10.7 Å². The van der Waals surface area contributed by atoms with E-state index in [-0.39, 0.29) is 18.0 Å². The van der Waals surface area contributed by atoms with Crippen molar-refractivity contribution in [3.8, 4) is 0 Å². The zero-order valence-electron chi connectivity index (χ0n) is 8.88. The minimum absolute atomic E-state index is 0.197. The van der Waals surface area contributed by atoms with Crippen LogP contribution in [0.25, 0.3) is 0 Å². The summed E-state index contributed by atoms with van der Waals surface area (Å²) in [5, 5.41) is 0. The number of nitrogens with one attached hydrogen (secondary N) is 2. The Morgan fingerprint density at radius 3 is 2.94 bits per heavy atom. The number of hydrogen-bond donors (Lipinski definition) is 3. The van der Waals surface area contributed by atoms with Gasteiger partial charge in [0, 0.05) is 36.1 Å². The zero-order chi connectivity index (χ0) is 12.3. The first-order chi connectivity index (χ1) is 8.12. The molecule has 0 aromatic carbocycles. The topological polar surface area (TPSA) is 101 Å². The second kappa shape index (κ2) is 4.96. The number of H-pyrrole nitrogens is 1. The Hall–Kier alpha value is -1.22. The van der Waals surface area contributed by atoms with Crippen molar-refractivity contribution >= 4 is 21.4 Å². The number of rotatable bonds is 5. The minimum atomic E-state index is -3.48. The number of sulfonamides is 1. The van der Waals surface area contributed by atoms with Crippen LogP contribution >= 0.6 is 11.3 Å². The van der Waals surface area contributed by atoms with Crippen LogP contribution < -0.4 is 10.5 Å². The van der Waals surface area contributed by atoms with E-state index in [1.54, 1.807) is 11.7 Å². The fourth-order valence-electron chi connectivity index (χ4n) is 1.27. The van der Waals surface area contributed by atoms with Crippen LogP contribution in [0.15, 0.2) is 28.9 Å². The lowest BCUT2D eigenvalue weighted by atomic mass is 10.4. The molecule has 0 atom stereocenters. The maximum Gasteiger partial charge on any atom is 0.242 e. The molecule has 0 fully saturated rings. The number of aromatic amines is 1. The van der Waals surface area contributed by atoms with E-state index in [1.807, 2.05) is 0 Å². The van der Waals surface area contributed by atoms with Crippen LogP contribution in [-0.2, 0) is 23.1 Å². The van der Waals surface area contributed by atoms with Crippen molar-refractivity contribution in [3.05, 3.63) is 34.5 Å². The summed E-state index contributed by atoms with van der Waals surface area (Å²) in [5.74, 6) is 0. The molecule has 2 aromatic rings. The van der Waals surface area contributed by atoms with Gasteiger partial charge in [0.2, 0.25) is 10.0 Å². The maximum atomic E-state index is 11.9. The van der Waals surface area contributed by atoms with Gasteiger partial charge in [-0.3, -0.25) is 4.98 Å². The molecule has 0 radical (unpaired) electrons. The van der Waals surface area contributed by atoms with Crippen molar-refractivity contribution in [2.24, 2.45) is 5.73 Å². The van der Waals surface area contributed by atoms with Gasteiger partial charge in [0.25, 0.3) is 0 Å². The van der Waals surface area contributed by atoms with Crippen molar-refractivity contribution < 1.29 is 8.42 Å². The Balaban J connectivity index is 2.08. The third-order valence-electron chi connectivity index (χ3n) is 2.17. The van der Waals surface area contributed by atoms with Crippen LogP contribution in [0.4, 0.5) is 0 Å². The number of thiazole rings is 1. The lowest BCUT2D eigenvalue weighted by Gasteiger charge is -2.02. The van der Waals surface area contributed by atoms with E-state index in [0.717, 1.165) is 4.88 Å². The van der Waals surface area contributed by atoms with Crippen molar-refractivity contribution in [1.82, 2.24) is 14.7 Å². The second-order valence-electron chi connectivity index (χ2n) is 3.36. The molecule has 6 nitrogen and oxygen atoms in total. The Kier molecular flexibility index (Phi) is 3.57. The normalized spacial score (nSPS) is 11.8. The molecule has 0 spiro atoms. The standard InChI is InChI=1S/C9H12N4O2S2/c10-2-7-1-9(5-12-7)17(14,15)13-4-8-3-11-6-16-8/h1,3,5-6,12-13H,2,4,10H2. The largest absolute Gasteiger partial charge is 0.363 e. The molecule has 0 aliphatic carbocycles. The average molecular weight is 272 g/mol. The molecule has 2 heterocycles. The summed E-state index contributed by atoms with van der Waals surface area (Å²) >= 11 is 1.40. The molecule has 2 rings (SSSR count). The van der Waals surface area contributed by atoms with Crippen LogP contribution in [0.2, 0.25) is 0 Å². The first-order valence-electron chi connectivity index (χ1n) is 4.86. The van der Waals surface area contributed by atoms with Gasteiger partial charge in [-0.25, -0.2) is 13.1 Å². The molecule has 0 saturated heterocycles. The summed E-state index contributed by atoms with van der Waals surface area (Å²) in [7, 11) is -3.48. The molecule has 8 heteroatoms. The smallest absolute Gasteiger partial charge is 0.242 e. The molecule has 0 aliphatic rings. The lowest BCUT2D eigenvalue weighted by Crippen LogP contribution is -2.22. The monoisotopic (exact) mass is 272 g/mol. The van der Waals surface area contributed by atoms with Gasteiger partial charge in [0.15, 0.2) is 0 Å². The Bertz CT molecular complexity index is 574. The number of nitrogens with two attached hydrogens (primary N) is 1. The molecular weight excluding hydrogens is 260 g/mol. The van der Waals surface area contributed by atoms with Crippen molar-refractivity contribution in [3.63, 3.8) is 0 Å². The molecule has 0 aliphatic heterocycles. The Labute approximate surface area is 103 Å². The molecule has 4 N–H and O–H groups in total. The van der Waals surface area contributed by atoms with Crippen molar-refractivity contribution in [2.45, 2.75) is 18.0 Å². The van der Waals surface area contributed by atoms with E-state index >= 15 is 0 Å². The van der Waals surface area contributed by atoms with E-state index in [4.69, 9.17) is 5.73 Å². The number of aromatic nitrogens is 2. The molecule has 2 aromatic heterocycles. The number of nitrogens with zero attached hydrogens (tertiary/aromatic N) is 1. The van der Waals surface area contributed by atoms with E-state index in [2.05, 4.69) is 14.7 Å². The van der Waals surface area contributed by atoms with Gasteiger partial charge in [-0.2, -0.15) is 0 Å². The third kappa shape index (κ3) is 2.91. The highest BCUT2D eigenvalue weighted by atomic mass is 32.2. The highest BCUT2D eigenvalue weighted by molar-refractivity contribution is 7.89. The third-order valence-corrected chi connectivity index (χ3v) is 4.33. The summed E-state index contributed by atoms with van der Waals surface area (Å²) in [6, 6.07) is 1.52. The van der Waals surface area contributed by atoms with Crippen LogP contribution in [0, 0.1) is 0 Å². The van der Waals surface area contributed by atoms with Gasteiger partial charge in [-0.05, 0) is 6.07 Å². The Morgan fingerprint density at radius 2 is 2.35 bits per heavy atom. The van der Waals surface area contributed by atoms with Gasteiger partial charge in [-0.15, -0.1) is 11.3 Å². The van der Waals surface area contributed by atoms with Gasteiger partial charge in [0.05, 0.1) is 10.4 Å². The predicted octanol–water partition coefficient (Wildman–Crippen LogP) is 0.408. The SMILES string of the molecule is NCc1cc(S(=O)(=O)NCc2cncs2)c[nH]1. The van der Waals surface area contributed by atoms with Gasteiger partial charge >= 0.3 is 0 Å². The van der Waals surface area contributed by atoms with E-state index < -0.39 is 10.0 Å². The van der Waals surface area contributed by atoms with Crippen LogP contribution in [-0.4, -0.2) is 18.4 Å². The van der Waals surface area contributed by atoms with Gasteiger partial charge in [-0.1, -0.05) is 0 Å². The highest BCUT2D eigenvalue weighted by Crippen LogP contribution is 2.12. The maximum absolute atomic E-state index is 11.9. The van der Waals surface area contributed by atoms with Crippen molar-refractivity contribution in [1.29, 1.82) is 0 Å². The van der Waals surface area contributed by atoms with Crippen LogP contribution in [0.1, 0.15) is 10.6 Å². The molecule has 92 valence electrons. The first kappa shape index (κ1) is 12.2. The van der Waals surface area contributed by atoms with Crippen molar-refractivity contribution in [2.75, 3.05) is 0 Å². The summed E-state index contributed by atoms with van der Waals surface area (Å²) in [6.45, 7) is 0.528. The minimum Gasteiger partial charge on any atom is -0.363 e. The lowest BCUT2D eigenvalue weighted by molar-refractivity contribution is 0.582. The summed E-state index contributed by atoms with van der Waals surface area (Å²) < 4.78 is 26.2. The first-order valence-corrected chi connectivity index (χ1v) is 7.22. The van der Waals surface area contributed by atoms with Crippen LogP contribution in [0.5, 0.6) is 0 Å². The Morgan fingerprint density at radius 1 is 1.53 bits per heavy atom. The second-order valence-corrected chi connectivity index (χ2v) is 6.09. The van der Waals surface area contributed by atoms with E-state index in [1.165, 1.54) is 23.6 Å². The van der Waals surface area contributed by atoms with E-state index in [9.17, 15) is 8.42 Å². The number of hydrogen-bond acceptors (Lipinski definition) is 5. The van der Waals surface area contributed by atoms with Gasteiger partial charge in [0.1, 0.15) is 0 Å². The molecule has 0 saturated carbocycles. The fourth-order valence-corrected chi connectivity index (χ4v) is 2.92. The molecule has 0 bridgehead atoms. The van der Waals surface area contributed by atoms with Crippen LogP contribution in [0.3, 0.4) is 0 Å². The molecule has 0 unspecified atom stereocenters. The van der Waals surface area contributed by atoms with E-state index in [0.29, 0.717) is 5.69 Å². The molecule has 0 amide bonds. The highest BCUT2D eigenvalue weighted by Gasteiger charge is 2.15. The quantitative estimate of drug-likeness (QED) is 0.733. The fraction of sp³-hybridized carbons (Fsp3) is 0.222. The predicted molar refractivity (Wildman–Crippen MR) is 64.8 cm³/mol.